The summed E-state index contributed by atoms with van der Waals surface area (Å²) in [6.07, 6.45) is 4.38. The number of carboxylic acids is 1. The van der Waals surface area contributed by atoms with Crippen LogP contribution in [0.3, 0.4) is 0 Å². The van der Waals surface area contributed by atoms with E-state index in [0.717, 1.165) is 49.5 Å². The first-order valence-electron chi connectivity index (χ1n) is 12.0. The highest BCUT2D eigenvalue weighted by atomic mass is 16.5. The minimum atomic E-state index is -0.884. The molecule has 3 aromatic rings. The summed E-state index contributed by atoms with van der Waals surface area (Å²) in [5.74, 6) is 1.63. The van der Waals surface area contributed by atoms with Crippen LogP contribution in [0.2, 0.25) is 0 Å². The average molecular weight is 490 g/mol. The minimum Gasteiger partial charge on any atom is -0.481 e. The number of nitrogens with one attached hydrogen (secondary N) is 1. The highest BCUT2D eigenvalue weighted by Gasteiger charge is 2.18. The topological polar surface area (TPSA) is 101 Å². The zero-order valence-electron chi connectivity index (χ0n) is 20.6. The van der Waals surface area contributed by atoms with Gasteiger partial charge in [0.2, 0.25) is 0 Å². The molecule has 0 saturated carbocycles. The zero-order valence-corrected chi connectivity index (χ0v) is 20.6. The maximum absolute atomic E-state index is 12.2. The Labute approximate surface area is 210 Å². The number of anilines is 2. The van der Waals surface area contributed by atoms with Crippen LogP contribution >= 0.6 is 0 Å². The van der Waals surface area contributed by atoms with Gasteiger partial charge >= 0.3 is 5.97 Å². The number of amides is 1. The molecule has 0 unspecified atom stereocenters. The number of benzene rings is 2. The number of rotatable bonds is 9. The van der Waals surface area contributed by atoms with Crippen molar-refractivity contribution >= 4 is 23.4 Å². The van der Waals surface area contributed by atoms with Crippen LogP contribution in [0, 0.1) is 5.92 Å². The van der Waals surface area contributed by atoms with E-state index < -0.39 is 5.97 Å². The molecule has 2 N–H and O–H groups in total. The lowest BCUT2D eigenvalue weighted by molar-refractivity contribution is -0.136. The SMILES string of the molecule is CN(C)C(=O)c1ccc(Oc2ccc(Nc3ccc(CC(=O)O)cn3)cc2CC2CCOCC2)cc1. The van der Waals surface area contributed by atoms with Gasteiger partial charge in [-0.3, -0.25) is 9.59 Å². The number of hydrogen-bond donors (Lipinski definition) is 2. The molecule has 1 aliphatic heterocycles. The van der Waals surface area contributed by atoms with Crippen molar-refractivity contribution in [3.05, 3.63) is 77.5 Å². The van der Waals surface area contributed by atoms with E-state index >= 15 is 0 Å². The molecule has 0 bridgehead atoms. The molecule has 1 aliphatic rings. The summed E-state index contributed by atoms with van der Waals surface area (Å²) in [6, 6.07) is 16.6. The Morgan fingerprint density at radius 2 is 1.83 bits per heavy atom. The molecule has 36 heavy (non-hydrogen) atoms. The molecule has 4 rings (SSSR count). The lowest BCUT2D eigenvalue weighted by atomic mass is 9.92. The van der Waals surface area contributed by atoms with E-state index in [9.17, 15) is 9.59 Å². The third kappa shape index (κ3) is 6.82. The van der Waals surface area contributed by atoms with Crippen molar-refractivity contribution in [2.75, 3.05) is 32.6 Å². The van der Waals surface area contributed by atoms with Crippen LogP contribution in [0.1, 0.15) is 34.3 Å². The number of nitrogens with zero attached hydrogens (tertiary/aromatic N) is 2. The van der Waals surface area contributed by atoms with Crippen molar-refractivity contribution in [2.24, 2.45) is 5.92 Å². The number of ether oxygens (including phenoxy) is 2. The van der Waals surface area contributed by atoms with Crippen molar-refractivity contribution in [1.29, 1.82) is 0 Å². The van der Waals surface area contributed by atoms with E-state index in [-0.39, 0.29) is 12.3 Å². The first kappa shape index (κ1) is 25.2. The van der Waals surface area contributed by atoms with Crippen LogP contribution in [0.15, 0.2) is 60.8 Å². The van der Waals surface area contributed by atoms with Crippen molar-refractivity contribution in [1.82, 2.24) is 9.88 Å². The van der Waals surface area contributed by atoms with Crippen LogP contribution in [0.25, 0.3) is 0 Å². The molecule has 1 fully saturated rings. The van der Waals surface area contributed by atoms with Gasteiger partial charge in [0, 0.05) is 44.8 Å². The van der Waals surface area contributed by atoms with Crippen molar-refractivity contribution in [3.63, 3.8) is 0 Å². The largest absolute Gasteiger partial charge is 0.481 e. The molecular formula is C28H31N3O5. The van der Waals surface area contributed by atoms with Gasteiger partial charge in [0.05, 0.1) is 6.42 Å². The number of aromatic nitrogens is 1. The van der Waals surface area contributed by atoms with Crippen LogP contribution in [-0.4, -0.2) is 54.2 Å². The summed E-state index contributed by atoms with van der Waals surface area (Å²) < 4.78 is 11.8. The van der Waals surface area contributed by atoms with E-state index in [4.69, 9.17) is 14.6 Å². The number of pyridine rings is 1. The van der Waals surface area contributed by atoms with E-state index in [2.05, 4.69) is 16.4 Å². The van der Waals surface area contributed by atoms with Crippen molar-refractivity contribution in [3.8, 4) is 11.5 Å². The van der Waals surface area contributed by atoms with Gasteiger partial charge in [-0.2, -0.15) is 0 Å². The summed E-state index contributed by atoms with van der Waals surface area (Å²) >= 11 is 0. The summed E-state index contributed by atoms with van der Waals surface area (Å²) in [6.45, 7) is 1.54. The van der Waals surface area contributed by atoms with Gasteiger partial charge in [-0.15, -0.1) is 0 Å². The van der Waals surface area contributed by atoms with Crippen LogP contribution in [0.4, 0.5) is 11.5 Å². The third-order valence-electron chi connectivity index (χ3n) is 6.10. The second-order valence-electron chi connectivity index (χ2n) is 9.16. The Balaban J connectivity index is 1.53. The fraction of sp³-hybridized carbons (Fsp3) is 0.321. The van der Waals surface area contributed by atoms with Crippen molar-refractivity contribution in [2.45, 2.75) is 25.7 Å². The molecule has 0 radical (unpaired) electrons. The molecule has 1 amide bonds. The predicted molar refractivity (Wildman–Crippen MR) is 137 cm³/mol. The Kier molecular flexibility index (Phi) is 8.17. The lowest BCUT2D eigenvalue weighted by Crippen LogP contribution is -2.21. The molecule has 1 saturated heterocycles. The normalized spacial score (nSPS) is 13.7. The molecule has 8 nitrogen and oxygen atoms in total. The maximum Gasteiger partial charge on any atom is 0.307 e. The van der Waals surface area contributed by atoms with Crippen molar-refractivity contribution < 1.29 is 24.2 Å². The monoisotopic (exact) mass is 489 g/mol. The Hall–Kier alpha value is -3.91. The predicted octanol–water partition coefficient (Wildman–Crippen LogP) is 4.92. The van der Waals surface area contributed by atoms with Crippen LogP contribution in [-0.2, 0) is 22.4 Å². The molecule has 2 aromatic carbocycles. The lowest BCUT2D eigenvalue weighted by Gasteiger charge is -2.23. The number of hydrogen-bond acceptors (Lipinski definition) is 6. The second-order valence-corrected chi connectivity index (χ2v) is 9.16. The van der Waals surface area contributed by atoms with Gasteiger partial charge < -0.3 is 24.8 Å². The number of carboxylic acid groups (broad SMARTS) is 1. The fourth-order valence-corrected chi connectivity index (χ4v) is 4.15. The van der Waals surface area contributed by atoms with Crippen LogP contribution in [0.5, 0.6) is 11.5 Å². The summed E-state index contributed by atoms with van der Waals surface area (Å²) in [7, 11) is 3.45. The van der Waals surface area contributed by atoms with E-state index in [1.165, 1.54) is 0 Å². The summed E-state index contributed by atoms with van der Waals surface area (Å²) in [4.78, 5) is 29.0. The average Bonchev–Trinajstić information content (AvgIpc) is 2.87. The quantitative estimate of drug-likeness (QED) is 0.440. The number of carbonyl (C=O) groups is 2. The van der Waals surface area contributed by atoms with Gasteiger partial charge in [0.1, 0.15) is 17.3 Å². The smallest absolute Gasteiger partial charge is 0.307 e. The van der Waals surface area contributed by atoms with Gasteiger partial charge in [0.15, 0.2) is 0 Å². The molecular weight excluding hydrogens is 458 g/mol. The van der Waals surface area contributed by atoms with E-state index in [1.54, 1.807) is 49.5 Å². The first-order chi connectivity index (χ1) is 17.4. The molecule has 0 spiro atoms. The number of aliphatic carboxylic acids is 1. The van der Waals surface area contributed by atoms with Gasteiger partial charge in [-0.25, -0.2) is 4.98 Å². The highest BCUT2D eigenvalue weighted by Crippen LogP contribution is 2.33. The maximum atomic E-state index is 12.2. The summed E-state index contributed by atoms with van der Waals surface area (Å²) in [5, 5.41) is 12.3. The molecule has 2 heterocycles. The molecule has 8 heteroatoms. The highest BCUT2D eigenvalue weighted by molar-refractivity contribution is 5.93. The van der Waals surface area contributed by atoms with Gasteiger partial charge in [0.25, 0.3) is 5.91 Å². The standard InChI is InChI=1S/C28H31N3O5/c1-31(2)28(34)21-4-7-24(8-5-21)36-25-9-6-23(17-22(25)15-19-11-13-35-14-12-19)30-26-10-3-20(18-29-26)16-27(32)33/h3-10,17-19H,11-16H2,1-2H3,(H,29,30)(H,32,33). The fourth-order valence-electron chi connectivity index (χ4n) is 4.15. The van der Waals surface area contributed by atoms with Crippen LogP contribution < -0.4 is 10.1 Å². The third-order valence-corrected chi connectivity index (χ3v) is 6.10. The first-order valence-corrected chi connectivity index (χ1v) is 12.0. The molecule has 0 atom stereocenters. The Morgan fingerprint density at radius 3 is 2.47 bits per heavy atom. The van der Waals surface area contributed by atoms with Gasteiger partial charge in [-0.1, -0.05) is 6.07 Å². The van der Waals surface area contributed by atoms with E-state index in [1.807, 2.05) is 24.3 Å². The zero-order chi connectivity index (χ0) is 25.5. The molecule has 188 valence electrons. The number of carbonyl (C=O) groups excluding carboxylic acids is 1. The minimum absolute atomic E-state index is 0.0539. The Bertz CT molecular complexity index is 1190. The van der Waals surface area contributed by atoms with E-state index in [0.29, 0.717) is 28.6 Å². The molecule has 1 aromatic heterocycles. The Morgan fingerprint density at radius 1 is 1.08 bits per heavy atom. The van der Waals surface area contributed by atoms with Gasteiger partial charge in [-0.05, 0) is 84.8 Å². The second kappa shape index (κ2) is 11.7. The molecule has 0 aliphatic carbocycles. The summed E-state index contributed by atoms with van der Waals surface area (Å²) in [5.41, 5.74) is 3.20.